The van der Waals surface area contributed by atoms with Gasteiger partial charge in [-0.25, -0.2) is 4.79 Å². The summed E-state index contributed by atoms with van der Waals surface area (Å²) in [5.41, 5.74) is 3.52. The van der Waals surface area contributed by atoms with Crippen LogP contribution in [0.1, 0.15) is 74.9 Å². The van der Waals surface area contributed by atoms with E-state index in [0.29, 0.717) is 37.7 Å². The van der Waals surface area contributed by atoms with Gasteiger partial charge in [-0.2, -0.15) is 0 Å². The van der Waals surface area contributed by atoms with E-state index in [4.69, 9.17) is 18.9 Å². The van der Waals surface area contributed by atoms with Crippen LogP contribution < -0.4 is 4.74 Å². The van der Waals surface area contributed by atoms with Crippen molar-refractivity contribution in [1.82, 2.24) is 4.90 Å². The number of esters is 1. The fourth-order valence-electron chi connectivity index (χ4n) is 5.17. The van der Waals surface area contributed by atoms with Crippen molar-refractivity contribution in [3.8, 4) is 5.75 Å². The van der Waals surface area contributed by atoms with Crippen LogP contribution in [0.2, 0.25) is 0 Å². The molecule has 1 aliphatic rings. The van der Waals surface area contributed by atoms with Gasteiger partial charge in [-0.15, -0.1) is 0 Å². The highest BCUT2D eigenvalue weighted by atomic mass is 16.5. The monoisotopic (exact) mass is 625 g/mol. The van der Waals surface area contributed by atoms with Gasteiger partial charge in [0.25, 0.3) is 0 Å². The maximum Gasteiger partial charge on any atom is 0.338 e. The summed E-state index contributed by atoms with van der Waals surface area (Å²) in [7, 11) is 0. The minimum absolute atomic E-state index is 0.300. The molecular formula is C40H51NO5. The molecule has 46 heavy (non-hydrogen) atoms. The highest BCUT2D eigenvalue weighted by Gasteiger charge is 2.23. The fourth-order valence-corrected chi connectivity index (χ4v) is 5.17. The number of ether oxygens (including phenoxy) is 4. The molecule has 0 radical (unpaired) electrons. The van der Waals surface area contributed by atoms with Gasteiger partial charge in [-0.3, -0.25) is 4.90 Å². The molecule has 0 heterocycles. The molecule has 4 rings (SSSR count). The molecule has 6 nitrogen and oxygen atoms in total. The summed E-state index contributed by atoms with van der Waals surface area (Å²) >= 11 is 0. The topological polar surface area (TPSA) is 57.2 Å². The molecule has 1 aliphatic carbocycles. The molecule has 0 spiro atoms. The number of hydrogen-bond acceptors (Lipinski definition) is 6. The standard InChI is InChI=1S/C40H51NO5/c1-39(2,24-27-43-37-22-20-36(21-23-37)38(42)44-32-35-18-12-7-13-19-35)45-28-25-40(3,4)46-29-26-41(30-33-14-8-5-9-15-33)31-34-16-10-6-11-17-34/h5-6,8-12,14-23H,7,13,24-32H2,1-4H3. The van der Waals surface area contributed by atoms with Crippen LogP contribution in [0.25, 0.3) is 0 Å². The van der Waals surface area contributed by atoms with Crippen LogP contribution in [0.4, 0.5) is 0 Å². The van der Waals surface area contributed by atoms with Gasteiger partial charge < -0.3 is 18.9 Å². The lowest BCUT2D eigenvalue weighted by molar-refractivity contribution is -0.0800. The first kappa shape index (κ1) is 35.1. The number of allylic oxidation sites excluding steroid dienone is 2. The molecule has 0 saturated heterocycles. The maximum absolute atomic E-state index is 12.4. The van der Waals surface area contributed by atoms with E-state index in [-0.39, 0.29) is 17.2 Å². The molecular weight excluding hydrogens is 574 g/mol. The van der Waals surface area contributed by atoms with Crippen LogP contribution >= 0.6 is 0 Å². The van der Waals surface area contributed by atoms with Gasteiger partial charge in [-0.1, -0.05) is 78.9 Å². The Morgan fingerprint density at radius 3 is 1.89 bits per heavy atom. The Hall–Kier alpha value is -3.71. The molecule has 6 heteroatoms. The second-order valence-electron chi connectivity index (χ2n) is 13.1. The fraction of sp³-hybridized carbons (Fsp3) is 0.425. The quantitative estimate of drug-likeness (QED) is 0.124. The number of hydrogen-bond donors (Lipinski definition) is 0. The smallest absolute Gasteiger partial charge is 0.338 e. The molecule has 0 N–H and O–H groups in total. The van der Waals surface area contributed by atoms with Crippen molar-refractivity contribution in [3.05, 3.63) is 125 Å². The van der Waals surface area contributed by atoms with Crippen molar-refractivity contribution in [3.63, 3.8) is 0 Å². The summed E-state index contributed by atoms with van der Waals surface area (Å²) in [4.78, 5) is 14.8. The van der Waals surface area contributed by atoms with Crippen molar-refractivity contribution in [2.75, 3.05) is 33.0 Å². The van der Waals surface area contributed by atoms with Crippen molar-refractivity contribution in [2.45, 2.75) is 77.7 Å². The Bertz CT molecular complexity index is 1340. The number of nitrogens with zero attached hydrogens (tertiary/aromatic N) is 1. The van der Waals surface area contributed by atoms with E-state index in [9.17, 15) is 4.79 Å². The predicted octanol–water partition coefficient (Wildman–Crippen LogP) is 8.57. The van der Waals surface area contributed by atoms with Gasteiger partial charge in [0.15, 0.2) is 0 Å². The summed E-state index contributed by atoms with van der Waals surface area (Å²) in [5.74, 6) is 0.387. The molecule has 0 unspecified atom stereocenters. The third-order valence-corrected chi connectivity index (χ3v) is 8.10. The zero-order valence-corrected chi connectivity index (χ0v) is 28.1. The van der Waals surface area contributed by atoms with E-state index >= 15 is 0 Å². The number of carbonyl (C=O) groups is 1. The maximum atomic E-state index is 12.4. The van der Waals surface area contributed by atoms with Gasteiger partial charge in [-0.05, 0) is 87.9 Å². The third kappa shape index (κ3) is 13.0. The lowest BCUT2D eigenvalue weighted by Crippen LogP contribution is -2.34. The summed E-state index contributed by atoms with van der Waals surface area (Å²) < 4.78 is 24.1. The molecule has 3 aromatic carbocycles. The normalized spacial score (nSPS) is 13.5. The SMILES string of the molecule is CC(C)(CCOc1ccc(C(=O)OCC2=CCCC=C2)cc1)OCCC(C)(C)OCCN(Cc1ccccc1)Cc1ccccc1. The second kappa shape index (κ2) is 17.8. The van der Waals surface area contributed by atoms with E-state index < -0.39 is 0 Å². The first-order valence-electron chi connectivity index (χ1n) is 16.5. The number of benzene rings is 3. The molecule has 3 aromatic rings. The zero-order valence-electron chi connectivity index (χ0n) is 28.1. The summed E-state index contributed by atoms with van der Waals surface area (Å²) in [6.07, 6.45) is 9.79. The lowest BCUT2D eigenvalue weighted by atomic mass is 10.0. The number of carbonyl (C=O) groups excluding carboxylic acids is 1. The molecule has 0 saturated carbocycles. The van der Waals surface area contributed by atoms with Crippen LogP contribution in [-0.2, 0) is 27.3 Å². The lowest BCUT2D eigenvalue weighted by Gasteiger charge is -2.31. The first-order chi connectivity index (χ1) is 22.2. The highest BCUT2D eigenvalue weighted by Crippen LogP contribution is 2.22. The Balaban J connectivity index is 1.13. The van der Waals surface area contributed by atoms with Gasteiger partial charge in [0, 0.05) is 26.1 Å². The predicted molar refractivity (Wildman–Crippen MR) is 185 cm³/mol. The average Bonchev–Trinajstić information content (AvgIpc) is 3.05. The van der Waals surface area contributed by atoms with Crippen LogP contribution in [0.5, 0.6) is 5.75 Å². The van der Waals surface area contributed by atoms with E-state index in [1.165, 1.54) is 11.1 Å². The Labute approximate surface area is 276 Å². The van der Waals surface area contributed by atoms with Crippen molar-refractivity contribution < 1.29 is 23.7 Å². The second-order valence-corrected chi connectivity index (χ2v) is 13.1. The van der Waals surface area contributed by atoms with E-state index in [2.05, 4.69) is 105 Å². The van der Waals surface area contributed by atoms with Crippen molar-refractivity contribution in [1.29, 1.82) is 0 Å². The van der Waals surface area contributed by atoms with Crippen LogP contribution in [0.15, 0.2) is 109 Å². The van der Waals surface area contributed by atoms with E-state index in [1.54, 1.807) is 12.1 Å². The summed E-state index contributed by atoms with van der Waals surface area (Å²) in [6, 6.07) is 28.3. The minimum atomic E-state index is -0.343. The van der Waals surface area contributed by atoms with Crippen molar-refractivity contribution >= 4 is 5.97 Å². The molecule has 0 bridgehead atoms. The van der Waals surface area contributed by atoms with Gasteiger partial charge in [0.1, 0.15) is 12.4 Å². The average molecular weight is 626 g/mol. The molecule has 0 amide bonds. The molecule has 0 aromatic heterocycles. The third-order valence-electron chi connectivity index (χ3n) is 8.10. The van der Waals surface area contributed by atoms with Crippen LogP contribution in [0, 0.1) is 0 Å². The summed E-state index contributed by atoms with van der Waals surface area (Å²) in [6.45, 7) is 13.1. The molecule has 0 atom stereocenters. The summed E-state index contributed by atoms with van der Waals surface area (Å²) in [5, 5.41) is 0. The van der Waals surface area contributed by atoms with E-state index in [1.807, 2.05) is 18.2 Å². The van der Waals surface area contributed by atoms with Crippen LogP contribution in [-0.4, -0.2) is 55.0 Å². The van der Waals surface area contributed by atoms with Crippen molar-refractivity contribution in [2.24, 2.45) is 0 Å². The zero-order chi connectivity index (χ0) is 32.7. The number of rotatable bonds is 19. The molecule has 0 aliphatic heterocycles. The van der Waals surface area contributed by atoms with Gasteiger partial charge in [0.2, 0.25) is 0 Å². The van der Waals surface area contributed by atoms with Gasteiger partial charge >= 0.3 is 5.97 Å². The largest absolute Gasteiger partial charge is 0.493 e. The minimum Gasteiger partial charge on any atom is -0.493 e. The Kier molecular flexibility index (Phi) is 13.6. The molecule has 0 fully saturated rings. The highest BCUT2D eigenvalue weighted by molar-refractivity contribution is 5.89. The van der Waals surface area contributed by atoms with E-state index in [0.717, 1.165) is 50.9 Å². The Morgan fingerprint density at radius 1 is 0.717 bits per heavy atom. The Morgan fingerprint density at radius 2 is 1.30 bits per heavy atom. The molecule has 246 valence electrons. The van der Waals surface area contributed by atoms with Gasteiger partial charge in [0.05, 0.1) is 36.6 Å². The first-order valence-corrected chi connectivity index (χ1v) is 16.5. The van der Waals surface area contributed by atoms with Crippen LogP contribution in [0.3, 0.4) is 0 Å².